The molecule has 1 nitrogen and oxygen atoms in total. The van der Waals surface area contributed by atoms with Crippen molar-refractivity contribution in [2.24, 2.45) is 0 Å². The molecule has 2 rings (SSSR count). The number of halogens is 1. The summed E-state index contributed by atoms with van der Waals surface area (Å²) in [7, 11) is 0. The highest BCUT2D eigenvalue weighted by Crippen LogP contribution is 2.22. The number of carbonyl (C=O) groups excluding carboxylic acids is 1. The van der Waals surface area contributed by atoms with E-state index in [9.17, 15) is 4.79 Å². The molecule has 0 unspecified atom stereocenters. The van der Waals surface area contributed by atoms with Gasteiger partial charge in [0, 0.05) is 10.6 Å². The quantitative estimate of drug-likeness (QED) is 0.722. The van der Waals surface area contributed by atoms with Gasteiger partial charge >= 0.3 is 0 Å². The van der Waals surface area contributed by atoms with E-state index in [0.29, 0.717) is 10.6 Å². The van der Waals surface area contributed by atoms with Crippen molar-refractivity contribution in [3.63, 3.8) is 0 Å². The summed E-state index contributed by atoms with van der Waals surface area (Å²) >= 11 is 7.42. The molecule has 2 aromatic rings. The summed E-state index contributed by atoms with van der Waals surface area (Å²) in [6, 6.07) is 9.10. The van der Waals surface area contributed by atoms with Gasteiger partial charge in [-0.2, -0.15) is 0 Å². The van der Waals surface area contributed by atoms with Crippen molar-refractivity contribution in [1.29, 1.82) is 0 Å². The van der Waals surface area contributed by atoms with Gasteiger partial charge in [-0.25, -0.2) is 0 Å². The largest absolute Gasteiger partial charge is 0.288 e. The van der Waals surface area contributed by atoms with Crippen LogP contribution in [0.1, 0.15) is 20.8 Å². The van der Waals surface area contributed by atoms with Gasteiger partial charge in [0.05, 0.1) is 4.88 Å². The maximum atomic E-state index is 12.0. The molecular weight excluding hydrogens is 228 g/mol. The van der Waals surface area contributed by atoms with E-state index in [1.54, 1.807) is 12.1 Å². The molecule has 0 saturated heterocycles. The number of ketones is 1. The maximum absolute atomic E-state index is 12.0. The monoisotopic (exact) mass is 236 g/mol. The zero-order chi connectivity index (χ0) is 10.8. The molecule has 0 aliphatic rings. The molecule has 0 aliphatic heterocycles. The van der Waals surface area contributed by atoms with Crippen LogP contribution in [0.25, 0.3) is 0 Å². The van der Waals surface area contributed by atoms with E-state index in [4.69, 9.17) is 11.6 Å². The van der Waals surface area contributed by atoms with E-state index in [1.165, 1.54) is 11.3 Å². The third-order valence-corrected chi connectivity index (χ3v) is 3.54. The molecule has 0 saturated carbocycles. The van der Waals surface area contributed by atoms with Crippen molar-refractivity contribution in [2.45, 2.75) is 6.92 Å². The number of carbonyl (C=O) groups is 1. The smallest absolute Gasteiger partial charge is 0.203 e. The summed E-state index contributed by atoms with van der Waals surface area (Å²) < 4.78 is 0. The Morgan fingerprint density at radius 2 is 2.07 bits per heavy atom. The van der Waals surface area contributed by atoms with Gasteiger partial charge in [0.25, 0.3) is 0 Å². The Hall–Kier alpha value is -1.12. The van der Waals surface area contributed by atoms with Gasteiger partial charge in [-0.1, -0.05) is 29.8 Å². The lowest BCUT2D eigenvalue weighted by molar-refractivity contribution is 0.104. The zero-order valence-electron chi connectivity index (χ0n) is 8.16. The lowest BCUT2D eigenvalue weighted by Crippen LogP contribution is -2.01. The van der Waals surface area contributed by atoms with Crippen LogP contribution in [0, 0.1) is 6.92 Å². The fraction of sp³-hybridized carbons (Fsp3) is 0.0833. The van der Waals surface area contributed by atoms with Crippen molar-refractivity contribution < 1.29 is 4.79 Å². The molecule has 1 aromatic carbocycles. The first-order valence-corrected chi connectivity index (χ1v) is 5.79. The van der Waals surface area contributed by atoms with E-state index in [0.717, 1.165) is 10.4 Å². The number of benzene rings is 1. The Morgan fingerprint density at radius 3 is 2.73 bits per heavy atom. The fourth-order valence-electron chi connectivity index (χ4n) is 1.39. The molecule has 0 atom stereocenters. The molecule has 0 radical (unpaired) electrons. The number of hydrogen-bond donors (Lipinski definition) is 0. The summed E-state index contributed by atoms with van der Waals surface area (Å²) in [5.41, 5.74) is 1.53. The molecule has 0 spiro atoms. The van der Waals surface area contributed by atoms with E-state index in [-0.39, 0.29) is 5.78 Å². The minimum absolute atomic E-state index is 0.0463. The molecule has 0 aliphatic carbocycles. The van der Waals surface area contributed by atoms with Crippen LogP contribution in [-0.4, -0.2) is 5.78 Å². The number of hydrogen-bond acceptors (Lipinski definition) is 2. The van der Waals surface area contributed by atoms with Crippen molar-refractivity contribution in [2.75, 3.05) is 0 Å². The average Bonchev–Trinajstić information content (AvgIpc) is 2.74. The van der Waals surface area contributed by atoms with Gasteiger partial charge in [-0.15, -0.1) is 11.3 Å². The van der Waals surface area contributed by atoms with Crippen LogP contribution < -0.4 is 0 Å². The summed E-state index contributed by atoms with van der Waals surface area (Å²) in [6.07, 6.45) is 0. The third kappa shape index (κ3) is 1.96. The van der Waals surface area contributed by atoms with E-state index in [1.807, 2.05) is 30.5 Å². The Bertz CT molecular complexity index is 488. The molecule has 0 amide bonds. The molecule has 15 heavy (non-hydrogen) atoms. The first-order chi connectivity index (χ1) is 7.20. The summed E-state index contributed by atoms with van der Waals surface area (Å²) in [4.78, 5) is 12.8. The number of rotatable bonds is 2. The van der Waals surface area contributed by atoms with Crippen molar-refractivity contribution >= 4 is 28.7 Å². The number of thiophene rings is 1. The lowest BCUT2D eigenvalue weighted by Gasteiger charge is -2.04. The van der Waals surface area contributed by atoms with Crippen LogP contribution in [0.4, 0.5) is 0 Å². The van der Waals surface area contributed by atoms with Crippen LogP contribution in [0.5, 0.6) is 0 Å². The topological polar surface area (TPSA) is 17.1 Å². The SMILES string of the molecule is Cc1c(Cl)cccc1C(=O)c1cccs1. The van der Waals surface area contributed by atoms with Crippen LogP contribution >= 0.6 is 22.9 Å². The Balaban J connectivity index is 2.47. The lowest BCUT2D eigenvalue weighted by atomic mass is 10.0. The van der Waals surface area contributed by atoms with Crippen molar-refractivity contribution in [3.05, 3.63) is 56.7 Å². The highest BCUT2D eigenvalue weighted by Gasteiger charge is 2.13. The Labute approximate surface area is 97.3 Å². The van der Waals surface area contributed by atoms with Crippen LogP contribution in [0.3, 0.4) is 0 Å². The summed E-state index contributed by atoms with van der Waals surface area (Å²) in [6.45, 7) is 1.86. The van der Waals surface area contributed by atoms with E-state index >= 15 is 0 Å². The molecule has 0 N–H and O–H groups in total. The summed E-state index contributed by atoms with van der Waals surface area (Å²) in [5.74, 6) is 0.0463. The van der Waals surface area contributed by atoms with Gasteiger partial charge < -0.3 is 0 Å². The van der Waals surface area contributed by atoms with E-state index < -0.39 is 0 Å². The van der Waals surface area contributed by atoms with Crippen molar-refractivity contribution in [1.82, 2.24) is 0 Å². The molecule has 76 valence electrons. The molecule has 0 fully saturated rings. The molecular formula is C12H9ClOS. The molecule has 1 heterocycles. The fourth-order valence-corrected chi connectivity index (χ4v) is 2.25. The first-order valence-electron chi connectivity index (χ1n) is 4.53. The first kappa shape index (κ1) is 10.4. The average molecular weight is 237 g/mol. The highest BCUT2D eigenvalue weighted by molar-refractivity contribution is 7.12. The van der Waals surface area contributed by atoms with E-state index in [2.05, 4.69) is 0 Å². The minimum Gasteiger partial charge on any atom is -0.288 e. The molecule has 3 heteroatoms. The van der Waals surface area contributed by atoms with Gasteiger partial charge in [0.1, 0.15) is 0 Å². The third-order valence-electron chi connectivity index (χ3n) is 2.26. The second kappa shape index (κ2) is 4.17. The second-order valence-corrected chi connectivity index (χ2v) is 4.57. The van der Waals surface area contributed by atoms with Gasteiger partial charge in [-0.3, -0.25) is 4.79 Å². The van der Waals surface area contributed by atoms with Gasteiger partial charge in [-0.05, 0) is 30.0 Å². The zero-order valence-corrected chi connectivity index (χ0v) is 9.73. The maximum Gasteiger partial charge on any atom is 0.203 e. The Morgan fingerprint density at radius 1 is 1.27 bits per heavy atom. The Kier molecular flexibility index (Phi) is 2.89. The van der Waals surface area contributed by atoms with Gasteiger partial charge in [0.2, 0.25) is 5.78 Å². The normalized spacial score (nSPS) is 10.3. The second-order valence-electron chi connectivity index (χ2n) is 3.22. The standard InChI is InChI=1S/C12H9ClOS/c1-8-9(4-2-5-10(8)13)12(14)11-6-3-7-15-11/h2-7H,1H3. The van der Waals surface area contributed by atoms with Crippen LogP contribution in [0.2, 0.25) is 5.02 Å². The molecule has 0 bridgehead atoms. The van der Waals surface area contributed by atoms with Gasteiger partial charge in [0.15, 0.2) is 0 Å². The predicted octanol–water partition coefficient (Wildman–Crippen LogP) is 3.94. The van der Waals surface area contributed by atoms with Crippen LogP contribution in [0.15, 0.2) is 35.7 Å². The minimum atomic E-state index is 0.0463. The summed E-state index contributed by atoms with van der Waals surface area (Å²) in [5, 5.41) is 2.53. The van der Waals surface area contributed by atoms with Crippen molar-refractivity contribution in [3.8, 4) is 0 Å². The molecule has 1 aromatic heterocycles. The predicted molar refractivity (Wildman–Crippen MR) is 63.9 cm³/mol. The van der Waals surface area contributed by atoms with Crippen LogP contribution in [-0.2, 0) is 0 Å². The highest BCUT2D eigenvalue weighted by atomic mass is 35.5.